The largest absolute Gasteiger partial charge is 0.462 e. The lowest BCUT2D eigenvalue weighted by Gasteiger charge is -2.38. The van der Waals surface area contributed by atoms with Crippen LogP contribution >= 0.6 is 0 Å². The Morgan fingerprint density at radius 2 is 1.15 bits per heavy atom. The summed E-state index contributed by atoms with van der Waals surface area (Å²) in [4.78, 5) is 33.7. The van der Waals surface area contributed by atoms with E-state index < -0.39 is 11.8 Å². The fourth-order valence-electron chi connectivity index (χ4n) is 6.61. The molecular formula is C34H54O5. The lowest BCUT2D eigenvalue weighted by molar-refractivity contribution is -0.153. The molecule has 2 aliphatic rings. The van der Waals surface area contributed by atoms with Gasteiger partial charge in [-0.05, 0) is 127 Å². The Hall–Kier alpha value is -2.17. The van der Waals surface area contributed by atoms with Crippen LogP contribution in [0.4, 0.5) is 0 Å². The topological polar surface area (TPSA) is 69.7 Å². The van der Waals surface area contributed by atoms with E-state index in [1.807, 2.05) is 0 Å². The number of hydrogen-bond donors (Lipinski definition) is 0. The van der Waals surface area contributed by atoms with Crippen LogP contribution in [0.3, 0.4) is 0 Å². The molecule has 0 aromatic rings. The fraction of sp³-hybridized carbons (Fsp3) is 0.735. The van der Waals surface area contributed by atoms with Gasteiger partial charge in [0.1, 0.15) is 0 Å². The van der Waals surface area contributed by atoms with Gasteiger partial charge in [-0.25, -0.2) is 9.59 Å². The molecule has 6 unspecified atom stereocenters. The lowest BCUT2D eigenvalue weighted by Crippen LogP contribution is -2.27. The molecule has 0 aromatic heterocycles. The van der Waals surface area contributed by atoms with Gasteiger partial charge in [0.25, 0.3) is 0 Å². The molecule has 5 heteroatoms. The molecule has 220 valence electrons. The van der Waals surface area contributed by atoms with Crippen LogP contribution in [-0.2, 0) is 23.9 Å². The number of carbonyl (C=O) groups excluding carboxylic acids is 3. The third-order valence-electron chi connectivity index (χ3n) is 8.89. The first-order chi connectivity index (χ1) is 18.5. The van der Waals surface area contributed by atoms with Crippen molar-refractivity contribution >= 4 is 17.7 Å². The van der Waals surface area contributed by atoms with Crippen LogP contribution in [0, 0.1) is 35.5 Å². The number of esters is 2. The van der Waals surface area contributed by atoms with Gasteiger partial charge in [-0.3, -0.25) is 4.79 Å². The van der Waals surface area contributed by atoms with Crippen molar-refractivity contribution in [2.24, 2.45) is 35.5 Å². The molecule has 0 bridgehead atoms. The third-order valence-corrected chi connectivity index (χ3v) is 8.89. The molecule has 6 atom stereocenters. The first-order valence-electron chi connectivity index (χ1n) is 15.3. The average molecular weight is 543 g/mol. The van der Waals surface area contributed by atoms with Gasteiger partial charge in [0, 0.05) is 12.5 Å². The van der Waals surface area contributed by atoms with Crippen LogP contribution in [0.5, 0.6) is 0 Å². The van der Waals surface area contributed by atoms with E-state index in [2.05, 4.69) is 46.4 Å². The minimum absolute atomic E-state index is 0.290. The highest BCUT2D eigenvalue weighted by atomic mass is 16.5. The number of Topliss-reactive ketones (excluding diaryl/α,β-unsaturated/α-hetero) is 1. The number of carbonyl (C=O) groups is 3. The van der Waals surface area contributed by atoms with E-state index in [9.17, 15) is 14.4 Å². The number of rotatable bonds is 14. The van der Waals surface area contributed by atoms with Crippen molar-refractivity contribution in [3.8, 4) is 0 Å². The van der Waals surface area contributed by atoms with E-state index in [1.54, 1.807) is 6.92 Å². The summed E-state index contributed by atoms with van der Waals surface area (Å²) in [5, 5.41) is 0. The highest BCUT2D eigenvalue weighted by molar-refractivity contribution is 6.32. The molecule has 5 nitrogen and oxygen atoms in total. The van der Waals surface area contributed by atoms with E-state index >= 15 is 0 Å². The van der Waals surface area contributed by atoms with Crippen LogP contribution in [0.15, 0.2) is 35.5 Å². The van der Waals surface area contributed by atoms with Gasteiger partial charge in [0.2, 0.25) is 5.78 Å². The first-order valence-corrected chi connectivity index (χ1v) is 15.3. The van der Waals surface area contributed by atoms with E-state index in [4.69, 9.17) is 9.47 Å². The Morgan fingerprint density at radius 3 is 1.54 bits per heavy atom. The first kappa shape index (κ1) is 33.0. The second-order valence-electron chi connectivity index (χ2n) is 12.7. The van der Waals surface area contributed by atoms with Crippen molar-refractivity contribution in [2.45, 2.75) is 112 Å². The molecule has 2 rings (SSSR count). The highest BCUT2D eigenvalue weighted by Crippen LogP contribution is 2.43. The van der Waals surface area contributed by atoms with Crippen molar-refractivity contribution in [1.82, 2.24) is 0 Å². The maximum absolute atomic E-state index is 11.5. The van der Waals surface area contributed by atoms with Crippen LogP contribution in [0.2, 0.25) is 0 Å². The summed E-state index contributed by atoms with van der Waals surface area (Å²) >= 11 is 0. The zero-order valence-electron chi connectivity index (χ0n) is 25.6. The highest BCUT2D eigenvalue weighted by Gasteiger charge is 2.31. The molecule has 0 heterocycles. The Kier molecular flexibility index (Phi) is 14.3. The number of ether oxygens (including phenoxy) is 2. The third kappa shape index (κ3) is 12.3. The van der Waals surface area contributed by atoms with E-state index in [0.29, 0.717) is 36.5 Å². The van der Waals surface area contributed by atoms with E-state index in [-0.39, 0.29) is 5.97 Å². The predicted molar refractivity (Wildman–Crippen MR) is 158 cm³/mol. The molecule has 0 spiro atoms. The van der Waals surface area contributed by atoms with Crippen molar-refractivity contribution < 1.29 is 23.9 Å². The SMILES string of the molecule is C=C(C)C(=O)OCCC/C(C)=C/C1CCC(CC2CCC(/C=C(\C)CCCOC(=O)C(C)=O)C(C)C2)CC1C. The zero-order valence-corrected chi connectivity index (χ0v) is 25.6. The second-order valence-corrected chi connectivity index (χ2v) is 12.7. The summed E-state index contributed by atoms with van der Waals surface area (Å²) in [6.07, 6.45) is 17.8. The molecule has 2 fully saturated rings. The predicted octanol–water partition coefficient (Wildman–Crippen LogP) is 8.19. The summed E-state index contributed by atoms with van der Waals surface area (Å²) in [7, 11) is 0. The average Bonchev–Trinajstić information content (AvgIpc) is 2.87. The molecule has 0 saturated heterocycles. The molecular weight excluding hydrogens is 488 g/mol. The molecule has 0 aliphatic heterocycles. The molecule has 0 aromatic carbocycles. The normalized spacial score (nSPS) is 28.1. The van der Waals surface area contributed by atoms with Crippen molar-refractivity contribution in [3.63, 3.8) is 0 Å². The van der Waals surface area contributed by atoms with Crippen LogP contribution in [-0.4, -0.2) is 30.9 Å². The number of ketones is 1. The summed E-state index contributed by atoms with van der Waals surface area (Å²) in [6, 6.07) is 0. The molecule has 0 amide bonds. The lowest BCUT2D eigenvalue weighted by atomic mass is 9.67. The minimum Gasteiger partial charge on any atom is -0.462 e. The van der Waals surface area contributed by atoms with Crippen molar-refractivity contribution in [2.75, 3.05) is 13.2 Å². The maximum atomic E-state index is 11.5. The summed E-state index contributed by atoms with van der Waals surface area (Å²) in [6.45, 7) is 16.6. The monoisotopic (exact) mass is 542 g/mol. The van der Waals surface area contributed by atoms with Gasteiger partial charge < -0.3 is 9.47 Å². The molecule has 2 saturated carbocycles. The van der Waals surface area contributed by atoms with Gasteiger partial charge in [0.05, 0.1) is 13.2 Å². The van der Waals surface area contributed by atoms with Crippen molar-refractivity contribution in [1.29, 1.82) is 0 Å². The number of allylic oxidation sites excluding steroid dienone is 4. The summed E-state index contributed by atoms with van der Waals surface area (Å²) < 4.78 is 10.2. The Labute approximate surface area is 237 Å². The second kappa shape index (κ2) is 16.8. The van der Waals surface area contributed by atoms with E-state index in [0.717, 1.165) is 43.4 Å². The Balaban J connectivity index is 1.69. The molecule has 39 heavy (non-hydrogen) atoms. The Bertz CT molecular complexity index is 825. The van der Waals surface area contributed by atoms with Gasteiger partial charge in [-0.15, -0.1) is 0 Å². The minimum atomic E-state index is -0.728. The maximum Gasteiger partial charge on any atom is 0.374 e. The quantitative estimate of drug-likeness (QED) is 0.0727. The van der Waals surface area contributed by atoms with Crippen LogP contribution in [0.1, 0.15) is 112 Å². The van der Waals surface area contributed by atoms with Gasteiger partial charge in [-0.2, -0.15) is 0 Å². The fourth-order valence-corrected chi connectivity index (χ4v) is 6.61. The van der Waals surface area contributed by atoms with Crippen LogP contribution < -0.4 is 0 Å². The Morgan fingerprint density at radius 1 is 0.718 bits per heavy atom. The molecule has 0 N–H and O–H groups in total. The molecule has 2 aliphatic carbocycles. The van der Waals surface area contributed by atoms with Gasteiger partial charge in [0.15, 0.2) is 0 Å². The van der Waals surface area contributed by atoms with Crippen LogP contribution in [0.25, 0.3) is 0 Å². The van der Waals surface area contributed by atoms with Gasteiger partial charge in [-0.1, -0.05) is 43.7 Å². The standard InChI is InChI=1S/C34H54O5/c1-23(2)33(36)38-16-8-10-24(3)18-31-14-12-29(20-26(31)5)22-30-13-15-32(27(6)21-30)19-25(4)11-9-17-39-34(37)28(7)35/h18-19,26-27,29-32H,1,8-17,20-22H2,2-7H3/b24-18+,25-19+. The molecule has 0 radical (unpaired) electrons. The van der Waals surface area contributed by atoms with E-state index in [1.165, 1.54) is 63.0 Å². The smallest absolute Gasteiger partial charge is 0.374 e. The zero-order chi connectivity index (χ0) is 28.9. The summed E-state index contributed by atoms with van der Waals surface area (Å²) in [5.41, 5.74) is 3.25. The summed E-state index contributed by atoms with van der Waals surface area (Å²) in [5.74, 6) is 2.92. The number of hydrogen-bond acceptors (Lipinski definition) is 5. The van der Waals surface area contributed by atoms with Crippen molar-refractivity contribution in [3.05, 3.63) is 35.5 Å². The van der Waals surface area contributed by atoms with Gasteiger partial charge >= 0.3 is 11.9 Å².